The summed E-state index contributed by atoms with van der Waals surface area (Å²) in [5.41, 5.74) is -1.65. The van der Waals surface area contributed by atoms with Crippen LogP contribution < -0.4 is 5.32 Å². The van der Waals surface area contributed by atoms with Crippen LogP contribution in [0.5, 0.6) is 5.75 Å². The number of benzene rings is 1. The molecule has 1 heterocycles. The standard InChI is InChI=1S/C14H15F2N3O3/c1-14(22,8-5-18-19(2)6-8)7-17-13(21)12-10(16)3-9(15)4-11(12)20/h3-6,20,22H,7H2,1-2H3,(H,17,21). The van der Waals surface area contributed by atoms with E-state index in [-0.39, 0.29) is 6.54 Å². The van der Waals surface area contributed by atoms with Gasteiger partial charge in [0, 0.05) is 30.9 Å². The van der Waals surface area contributed by atoms with Gasteiger partial charge < -0.3 is 15.5 Å². The number of phenolic OH excluding ortho intramolecular Hbond substituents is 1. The number of nitrogens with one attached hydrogen (secondary N) is 1. The second kappa shape index (κ2) is 5.72. The molecule has 0 aliphatic heterocycles. The maximum atomic E-state index is 13.6. The Balaban J connectivity index is 2.13. The predicted molar refractivity (Wildman–Crippen MR) is 73.1 cm³/mol. The summed E-state index contributed by atoms with van der Waals surface area (Å²) in [5.74, 6) is -3.94. The summed E-state index contributed by atoms with van der Waals surface area (Å²) in [6.45, 7) is 1.21. The van der Waals surface area contributed by atoms with Gasteiger partial charge in [-0.05, 0) is 6.92 Å². The molecule has 2 aromatic rings. The van der Waals surface area contributed by atoms with E-state index < -0.39 is 34.5 Å². The van der Waals surface area contributed by atoms with Crippen molar-refractivity contribution in [1.82, 2.24) is 15.1 Å². The molecule has 1 unspecified atom stereocenters. The molecular weight excluding hydrogens is 296 g/mol. The zero-order chi connectivity index (χ0) is 16.5. The fourth-order valence-corrected chi connectivity index (χ4v) is 1.93. The minimum atomic E-state index is -1.43. The molecule has 0 fully saturated rings. The van der Waals surface area contributed by atoms with Crippen LogP contribution in [0.3, 0.4) is 0 Å². The lowest BCUT2D eigenvalue weighted by atomic mass is 9.99. The van der Waals surface area contributed by atoms with Gasteiger partial charge in [-0.15, -0.1) is 0 Å². The Hall–Kier alpha value is -2.48. The summed E-state index contributed by atoms with van der Waals surface area (Å²) in [5, 5.41) is 26.0. The maximum Gasteiger partial charge on any atom is 0.258 e. The maximum absolute atomic E-state index is 13.6. The average Bonchev–Trinajstić information content (AvgIpc) is 2.83. The molecular formula is C14H15F2N3O3. The molecule has 118 valence electrons. The molecule has 0 aliphatic carbocycles. The summed E-state index contributed by atoms with van der Waals surface area (Å²) < 4.78 is 27.9. The summed E-state index contributed by atoms with van der Waals surface area (Å²) in [6, 6.07) is 1.13. The Morgan fingerprint density at radius 1 is 1.45 bits per heavy atom. The first-order valence-corrected chi connectivity index (χ1v) is 6.38. The highest BCUT2D eigenvalue weighted by atomic mass is 19.1. The highest BCUT2D eigenvalue weighted by molar-refractivity contribution is 5.97. The van der Waals surface area contributed by atoms with Crippen LogP contribution in [-0.4, -0.2) is 32.4 Å². The molecule has 22 heavy (non-hydrogen) atoms. The number of phenols is 1. The van der Waals surface area contributed by atoms with Crippen LogP contribution in [0.4, 0.5) is 8.78 Å². The summed E-state index contributed by atoms with van der Waals surface area (Å²) in [4.78, 5) is 11.9. The normalized spacial score (nSPS) is 13.7. The zero-order valence-corrected chi connectivity index (χ0v) is 12.0. The minimum absolute atomic E-state index is 0.242. The molecule has 0 spiro atoms. The zero-order valence-electron chi connectivity index (χ0n) is 12.0. The molecule has 1 amide bonds. The van der Waals surface area contributed by atoms with E-state index in [9.17, 15) is 23.8 Å². The van der Waals surface area contributed by atoms with Crippen molar-refractivity contribution in [3.63, 3.8) is 0 Å². The SMILES string of the molecule is Cn1cc(C(C)(O)CNC(=O)c2c(O)cc(F)cc2F)cn1. The van der Waals surface area contributed by atoms with Crippen molar-refractivity contribution in [3.05, 3.63) is 47.3 Å². The Morgan fingerprint density at radius 2 is 2.14 bits per heavy atom. The third-order valence-corrected chi connectivity index (χ3v) is 3.18. The van der Waals surface area contributed by atoms with Gasteiger partial charge in [-0.3, -0.25) is 9.48 Å². The third kappa shape index (κ3) is 3.22. The van der Waals surface area contributed by atoms with Crippen molar-refractivity contribution in [2.75, 3.05) is 6.54 Å². The number of amides is 1. The molecule has 2 rings (SSSR count). The van der Waals surface area contributed by atoms with Crippen LogP contribution in [0.2, 0.25) is 0 Å². The molecule has 1 aromatic carbocycles. The first kappa shape index (κ1) is 15.9. The molecule has 0 aliphatic rings. The Labute approximate surface area is 125 Å². The van der Waals surface area contributed by atoms with Gasteiger partial charge in [-0.2, -0.15) is 5.10 Å². The number of carbonyl (C=O) groups is 1. The molecule has 6 nitrogen and oxygen atoms in total. The minimum Gasteiger partial charge on any atom is -0.507 e. The second-order valence-corrected chi connectivity index (χ2v) is 5.14. The lowest BCUT2D eigenvalue weighted by Gasteiger charge is -2.22. The van der Waals surface area contributed by atoms with Crippen LogP contribution in [0.15, 0.2) is 24.5 Å². The Kier molecular flexibility index (Phi) is 4.14. The van der Waals surface area contributed by atoms with E-state index in [0.717, 1.165) is 0 Å². The summed E-state index contributed by atoms with van der Waals surface area (Å²) >= 11 is 0. The fourth-order valence-electron chi connectivity index (χ4n) is 1.93. The van der Waals surface area contributed by atoms with Crippen LogP contribution >= 0.6 is 0 Å². The molecule has 8 heteroatoms. The van der Waals surface area contributed by atoms with Gasteiger partial charge in [0.15, 0.2) is 0 Å². The number of halogens is 2. The largest absolute Gasteiger partial charge is 0.507 e. The molecule has 1 aromatic heterocycles. The number of rotatable bonds is 4. The number of aliphatic hydroxyl groups is 1. The van der Waals surface area contributed by atoms with E-state index in [4.69, 9.17) is 0 Å². The first-order valence-electron chi connectivity index (χ1n) is 6.38. The van der Waals surface area contributed by atoms with Crippen LogP contribution in [0.25, 0.3) is 0 Å². The fraction of sp³-hybridized carbons (Fsp3) is 0.286. The van der Waals surface area contributed by atoms with Crippen molar-refractivity contribution in [2.45, 2.75) is 12.5 Å². The highest BCUT2D eigenvalue weighted by Gasteiger charge is 2.27. The van der Waals surface area contributed by atoms with E-state index in [1.807, 2.05) is 0 Å². The molecule has 0 saturated carbocycles. The van der Waals surface area contributed by atoms with Gasteiger partial charge in [-0.25, -0.2) is 8.78 Å². The Bertz CT molecular complexity index is 690. The topological polar surface area (TPSA) is 87.4 Å². The van der Waals surface area contributed by atoms with Crippen molar-refractivity contribution in [2.24, 2.45) is 7.05 Å². The average molecular weight is 311 g/mol. The number of hydrogen-bond acceptors (Lipinski definition) is 4. The number of aromatic nitrogens is 2. The van der Waals surface area contributed by atoms with E-state index >= 15 is 0 Å². The van der Waals surface area contributed by atoms with Crippen molar-refractivity contribution >= 4 is 5.91 Å². The van der Waals surface area contributed by atoms with Gasteiger partial charge in [0.1, 0.15) is 28.5 Å². The van der Waals surface area contributed by atoms with E-state index in [2.05, 4.69) is 10.4 Å². The highest BCUT2D eigenvalue weighted by Crippen LogP contribution is 2.23. The van der Waals surface area contributed by atoms with Gasteiger partial charge in [0.2, 0.25) is 0 Å². The third-order valence-electron chi connectivity index (χ3n) is 3.18. The lowest BCUT2D eigenvalue weighted by molar-refractivity contribution is 0.0523. The van der Waals surface area contributed by atoms with Crippen LogP contribution in [0.1, 0.15) is 22.8 Å². The summed E-state index contributed by atoms with van der Waals surface area (Å²) in [7, 11) is 1.67. The quantitative estimate of drug-likeness (QED) is 0.787. The van der Waals surface area contributed by atoms with Gasteiger partial charge >= 0.3 is 0 Å². The van der Waals surface area contributed by atoms with E-state index in [1.165, 1.54) is 17.8 Å². The smallest absolute Gasteiger partial charge is 0.258 e. The van der Waals surface area contributed by atoms with E-state index in [1.54, 1.807) is 13.2 Å². The van der Waals surface area contributed by atoms with Crippen LogP contribution in [-0.2, 0) is 12.6 Å². The van der Waals surface area contributed by atoms with Gasteiger partial charge in [0.25, 0.3) is 5.91 Å². The first-order chi connectivity index (χ1) is 10.2. The number of hydrogen-bond donors (Lipinski definition) is 3. The van der Waals surface area contributed by atoms with Crippen molar-refractivity contribution in [1.29, 1.82) is 0 Å². The van der Waals surface area contributed by atoms with Crippen molar-refractivity contribution in [3.8, 4) is 5.75 Å². The van der Waals surface area contributed by atoms with Gasteiger partial charge in [-0.1, -0.05) is 0 Å². The van der Waals surface area contributed by atoms with Gasteiger partial charge in [0.05, 0.1) is 12.7 Å². The second-order valence-electron chi connectivity index (χ2n) is 5.14. The molecule has 1 atom stereocenters. The van der Waals surface area contributed by atoms with E-state index in [0.29, 0.717) is 17.7 Å². The Morgan fingerprint density at radius 3 is 2.68 bits per heavy atom. The molecule has 0 radical (unpaired) electrons. The molecule has 3 N–H and O–H groups in total. The monoisotopic (exact) mass is 311 g/mol. The number of nitrogens with zero attached hydrogens (tertiary/aromatic N) is 2. The summed E-state index contributed by atoms with van der Waals surface area (Å²) in [6.07, 6.45) is 3.00. The molecule has 0 bridgehead atoms. The number of carbonyl (C=O) groups excluding carboxylic acids is 1. The lowest BCUT2D eigenvalue weighted by Crippen LogP contribution is -2.38. The number of aryl methyl sites for hydroxylation is 1. The number of aromatic hydroxyl groups is 1. The predicted octanol–water partition coefficient (Wildman–Crippen LogP) is 1.04. The molecule has 0 saturated heterocycles. The van der Waals surface area contributed by atoms with Crippen molar-refractivity contribution < 1.29 is 23.8 Å². The van der Waals surface area contributed by atoms with Crippen LogP contribution in [0, 0.1) is 11.6 Å².